The summed E-state index contributed by atoms with van der Waals surface area (Å²) in [5.41, 5.74) is 0. The Morgan fingerprint density at radius 2 is 0.739 bits per heavy atom. The second kappa shape index (κ2) is 11.2. The average Bonchev–Trinajstić information content (AvgIpc) is 2.56. The predicted molar refractivity (Wildman–Crippen MR) is 75.1 cm³/mol. The highest BCUT2D eigenvalue weighted by Gasteiger charge is 2.31. The molecule has 0 aromatic rings. The van der Waals surface area contributed by atoms with Crippen molar-refractivity contribution in [2.45, 2.75) is 48.8 Å². The number of rotatable bonds is 12. The molecule has 0 amide bonds. The van der Waals surface area contributed by atoms with Gasteiger partial charge in [-0.25, -0.2) is 0 Å². The fraction of sp³-hybridized carbons (Fsp3) is 1.00. The lowest BCUT2D eigenvalue weighted by Crippen LogP contribution is -2.52. The van der Waals surface area contributed by atoms with E-state index in [2.05, 4.69) is 5.32 Å². The van der Waals surface area contributed by atoms with Crippen LogP contribution in [0.5, 0.6) is 0 Å². The third kappa shape index (κ3) is 7.32. The Bertz CT molecular complexity index is 282. The number of aliphatic hydroxyl groups is 10. The molecule has 11 heteroatoms. The van der Waals surface area contributed by atoms with Gasteiger partial charge in [-0.15, -0.1) is 0 Å². The van der Waals surface area contributed by atoms with Crippen molar-refractivity contribution in [3.8, 4) is 0 Å². The second-order valence-corrected chi connectivity index (χ2v) is 5.26. The van der Waals surface area contributed by atoms with Crippen LogP contribution >= 0.6 is 0 Å². The molecule has 0 aromatic heterocycles. The maximum Gasteiger partial charge on any atom is 0.111 e. The van der Waals surface area contributed by atoms with Gasteiger partial charge in [0.15, 0.2) is 0 Å². The normalized spacial score (nSPS) is 22.7. The topological polar surface area (TPSA) is 214 Å². The van der Waals surface area contributed by atoms with E-state index in [1.54, 1.807) is 0 Å². The molecule has 11 nitrogen and oxygen atoms in total. The van der Waals surface area contributed by atoms with E-state index in [9.17, 15) is 30.6 Å². The highest BCUT2D eigenvalue weighted by atomic mass is 16.4. The fourth-order valence-electron chi connectivity index (χ4n) is 1.75. The third-order valence-electron chi connectivity index (χ3n) is 3.36. The largest absolute Gasteiger partial charge is 0.394 e. The Hall–Kier alpha value is -0.440. The number of aliphatic hydroxyl groups excluding tert-OH is 10. The minimum atomic E-state index is -1.78. The van der Waals surface area contributed by atoms with Crippen LogP contribution in [0.25, 0.3) is 0 Å². The predicted octanol–water partition coefficient (Wildman–Crippen LogP) is -6.55. The van der Waals surface area contributed by atoms with Crippen LogP contribution in [0.3, 0.4) is 0 Å². The lowest BCUT2D eigenvalue weighted by Gasteiger charge is -2.28. The third-order valence-corrected chi connectivity index (χ3v) is 3.36. The molecule has 8 atom stereocenters. The highest BCUT2D eigenvalue weighted by Crippen LogP contribution is 2.06. The molecule has 0 aliphatic carbocycles. The Morgan fingerprint density at radius 1 is 0.478 bits per heavy atom. The van der Waals surface area contributed by atoms with Gasteiger partial charge in [0.2, 0.25) is 0 Å². The number of hydrogen-bond acceptors (Lipinski definition) is 11. The molecule has 0 unspecified atom stereocenters. The first-order valence-electron chi connectivity index (χ1n) is 7.04. The van der Waals surface area contributed by atoms with Crippen molar-refractivity contribution in [3.63, 3.8) is 0 Å². The summed E-state index contributed by atoms with van der Waals surface area (Å²) >= 11 is 0. The molecule has 0 rings (SSSR count). The number of hydrogen-bond donors (Lipinski definition) is 11. The zero-order chi connectivity index (χ0) is 18.2. The van der Waals surface area contributed by atoms with Crippen LogP contribution in [0.2, 0.25) is 0 Å². The Labute approximate surface area is 132 Å². The van der Waals surface area contributed by atoms with Gasteiger partial charge >= 0.3 is 0 Å². The van der Waals surface area contributed by atoms with Gasteiger partial charge in [-0.1, -0.05) is 0 Å². The first-order chi connectivity index (χ1) is 10.7. The molecule has 0 aliphatic rings. The molecule has 0 saturated heterocycles. The minimum Gasteiger partial charge on any atom is -0.394 e. The summed E-state index contributed by atoms with van der Waals surface area (Å²) < 4.78 is 0. The maximum atomic E-state index is 9.59. The van der Waals surface area contributed by atoms with Gasteiger partial charge in [-0.3, -0.25) is 0 Å². The molecule has 23 heavy (non-hydrogen) atoms. The van der Waals surface area contributed by atoms with Gasteiger partial charge in [-0.05, 0) is 0 Å². The van der Waals surface area contributed by atoms with E-state index in [0.29, 0.717) is 0 Å². The van der Waals surface area contributed by atoms with Crippen molar-refractivity contribution in [2.75, 3.05) is 26.3 Å². The molecule has 0 bridgehead atoms. The molecule has 0 aromatic carbocycles. The molecule has 0 radical (unpaired) electrons. The fourth-order valence-corrected chi connectivity index (χ4v) is 1.75. The van der Waals surface area contributed by atoms with Crippen LogP contribution in [0.1, 0.15) is 0 Å². The lowest BCUT2D eigenvalue weighted by atomic mass is 10.0. The molecule has 11 N–H and O–H groups in total. The van der Waals surface area contributed by atoms with Gasteiger partial charge in [0.05, 0.1) is 25.4 Å². The van der Waals surface area contributed by atoms with Gasteiger partial charge in [-0.2, -0.15) is 0 Å². The Balaban J connectivity index is 4.22. The highest BCUT2D eigenvalue weighted by molar-refractivity contribution is 4.84. The molecule has 0 heterocycles. The summed E-state index contributed by atoms with van der Waals surface area (Å²) in [6, 6.07) is 0. The van der Waals surface area contributed by atoms with Crippen molar-refractivity contribution in [1.29, 1.82) is 0 Å². The summed E-state index contributed by atoms with van der Waals surface area (Å²) in [4.78, 5) is 0. The molecule has 0 spiro atoms. The SMILES string of the molecule is OC[C@@H](O)[C@H](O)[C@H](O)[C@@H](O)CNC[C@H](O)[C@@H](O)[C@@H](O)[C@H](O)CO. The zero-order valence-electron chi connectivity index (χ0n) is 12.4. The zero-order valence-corrected chi connectivity index (χ0v) is 12.4. The minimum absolute atomic E-state index is 0.348. The van der Waals surface area contributed by atoms with E-state index in [1.807, 2.05) is 0 Å². The average molecular weight is 345 g/mol. The van der Waals surface area contributed by atoms with Crippen LogP contribution in [0, 0.1) is 0 Å². The van der Waals surface area contributed by atoms with Gasteiger partial charge in [0.1, 0.15) is 36.6 Å². The summed E-state index contributed by atoms with van der Waals surface area (Å²) in [6.07, 6.45) is -13.5. The van der Waals surface area contributed by atoms with Gasteiger partial charge < -0.3 is 56.4 Å². The van der Waals surface area contributed by atoms with E-state index in [-0.39, 0.29) is 13.1 Å². The van der Waals surface area contributed by atoms with Crippen molar-refractivity contribution in [1.82, 2.24) is 5.32 Å². The van der Waals surface area contributed by atoms with E-state index in [4.69, 9.17) is 20.4 Å². The van der Waals surface area contributed by atoms with Crippen molar-refractivity contribution in [3.05, 3.63) is 0 Å². The van der Waals surface area contributed by atoms with Crippen LogP contribution in [0.4, 0.5) is 0 Å². The van der Waals surface area contributed by atoms with E-state index >= 15 is 0 Å². The summed E-state index contributed by atoms with van der Waals surface area (Å²) in [6.45, 7) is -2.32. The molecular weight excluding hydrogens is 318 g/mol. The van der Waals surface area contributed by atoms with Crippen LogP contribution in [-0.2, 0) is 0 Å². The maximum absolute atomic E-state index is 9.59. The monoisotopic (exact) mass is 345 g/mol. The summed E-state index contributed by atoms with van der Waals surface area (Å²) in [7, 11) is 0. The van der Waals surface area contributed by atoms with Gasteiger partial charge in [0.25, 0.3) is 0 Å². The van der Waals surface area contributed by atoms with Crippen molar-refractivity contribution < 1.29 is 51.1 Å². The molecule has 0 fully saturated rings. The van der Waals surface area contributed by atoms with E-state index in [0.717, 1.165) is 0 Å². The van der Waals surface area contributed by atoms with Crippen molar-refractivity contribution >= 4 is 0 Å². The quantitative estimate of drug-likeness (QED) is 0.160. The molecular formula is C12H27NO10. The Morgan fingerprint density at radius 3 is 1.00 bits per heavy atom. The van der Waals surface area contributed by atoms with Crippen LogP contribution in [0.15, 0.2) is 0 Å². The molecule has 0 aliphatic heterocycles. The molecule has 0 saturated carbocycles. The van der Waals surface area contributed by atoms with Crippen LogP contribution in [-0.4, -0.2) is 126 Å². The smallest absolute Gasteiger partial charge is 0.111 e. The summed E-state index contributed by atoms with van der Waals surface area (Å²) in [5, 5.41) is 95.0. The second-order valence-electron chi connectivity index (χ2n) is 5.26. The van der Waals surface area contributed by atoms with E-state index in [1.165, 1.54) is 0 Å². The molecule has 140 valence electrons. The van der Waals surface area contributed by atoms with Crippen molar-refractivity contribution in [2.24, 2.45) is 0 Å². The number of nitrogens with one attached hydrogen (secondary N) is 1. The van der Waals surface area contributed by atoms with Crippen LogP contribution < -0.4 is 5.32 Å². The van der Waals surface area contributed by atoms with Gasteiger partial charge in [0, 0.05) is 13.1 Å². The standard InChI is InChI=1S/C12H27NO10/c14-3-7(18)11(22)9(20)5(16)1-13-2-6(17)10(21)12(23)8(19)4-15/h5-23H,1-4H2/t5-,6-,7+,8+,9+,10+,11-,12-/m0/s1. The lowest BCUT2D eigenvalue weighted by molar-refractivity contribution is -0.119. The van der Waals surface area contributed by atoms with E-state index < -0.39 is 62.0 Å². The first-order valence-corrected chi connectivity index (χ1v) is 7.04. The Kier molecular flexibility index (Phi) is 11.0. The first kappa shape index (κ1) is 22.6. The summed E-state index contributed by atoms with van der Waals surface area (Å²) in [5.74, 6) is 0.